The predicted octanol–water partition coefficient (Wildman–Crippen LogP) is 1.27. The first kappa shape index (κ1) is 12.0. The summed E-state index contributed by atoms with van der Waals surface area (Å²) in [6.07, 6.45) is -1.17. The Bertz CT molecular complexity index is 269. The normalized spacial score (nSPS) is 36.5. The van der Waals surface area contributed by atoms with E-state index in [1.54, 1.807) is 0 Å². The molecular formula is C11H18O5. The Balaban J connectivity index is 2.13. The lowest BCUT2D eigenvalue weighted by atomic mass is 9.78. The molecule has 5 nitrogen and oxygen atoms in total. The van der Waals surface area contributed by atoms with Crippen LogP contribution in [-0.2, 0) is 24.3 Å². The highest BCUT2D eigenvalue weighted by Gasteiger charge is 2.52. The number of carbonyl (C=O) groups is 1. The fraction of sp³-hybridized carbons (Fsp3) is 0.909. The Kier molecular flexibility index (Phi) is 2.82. The van der Waals surface area contributed by atoms with Gasteiger partial charge in [0.2, 0.25) is 0 Å². The van der Waals surface area contributed by atoms with Gasteiger partial charge in [-0.1, -0.05) is 27.7 Å². The Morgan fingerprint density at radius 1 is 0.938 bits per heavy atom. The molecule has 0 radical (unpaired) electrons. The maximum atomic E-state index is 12.3. The zero-order valence-corrected chi connectivity index (χ0v) is 10.1. The smallest absolute Gasteiger partial charge is 0.198 e. The van der Waals surface area contributed by atoms with E-state index < -0.39 is 12.2 Å². The molecule has 92 valence electrons. The standard InChI is InChI=1S/C11H18O5/c1-10(2)5-13-15-8(10)7(12)9-11(3,4)6-14-16-9/h8-9H,5-6H2,1-4H3. The molecule has 0 N–H and O–H groups in total. The number of ketones is 1. The zero-order valence-electron chi connectivity index (χ0n) is 10.1. The zero-order chi connectivity index (χ0) is 12.0. The van der Waals surface area contributed by atoms with Gasteiger partial charge < -0.3 is 0 Å². The molecule has 2 unspecified atom stereocenters. The summed E-state index contributed by atoms with van der Waals surface area (Å²) in [6.45, 7) is 8.57. The molecule has 16 heavy (non-hydrogen) atoms. The van der Waals surface area contributed by atoms with E-state index >= 15 is 0 Å². The highest BCUT2D eigenvalue weighted by molar-refractivity contribution is 5.89. The topological polar surface area (TPSA) is 54.0 Å². The predicted molar refractivity (Wildman–Crippen MR) is 54.2 cm³/mol. The van der Waals surface area contributed by atoms with E-state index in [9.17, 15) is 4.79 Å². The van der Waals surface area contributed by atoms with Gasteiger partial charge in [0.05, 0.1) is 13.2 Å². The highest BCUT2D eigenvalue weighted by atomic mass is 17.2. The van der Waals surface area contributed by atoms with Gasteiger partial charge in [-0.05, 0) is 0 Å². The van der Waals surface area contributed by atoms with Crippen LogP contribution in [0.3, 0.4) is 0 Å². The van der Waals surface area contributed by atoms with Crippen molar-refractivity contribution in [3.63, 3.8) is 0 Å². The van der Waals surface area contributed by atoms with Crippen LogP contribution >= 0.6 is 0 Å². The van der Waals surface area contributed by atoms with E-state index in [2.05, 4.69) is 0 Å². The van der Waals surface area contributed by atoms with Crippen molar-refractivity contribution in [1.29, 1.82) is 0 Å². The van der Waals surface area contributed by atoms with Crippen LogP contribution in [0.25, 0.3) is 0 Å². The van der Waals surface area contributed by atoms with E-state index in [-0.39, 0.29) is 16.6 Å². The average Bonchev–Trinajstić information content (AvgIpc) is 2.67. The molecule has 2 atom stereocenters. The number of rotatable bonds is 2. The second-order valence-electron chi connectivity index (χ2n) is 5.86. The van der Waals surface area contributed by atoms with Crippen molar-refractivity contribution in [2.24, 2.45) is 10.8 Å². The minimum atomic E-state index is -0.585. The Hall–Kier alpha value is -0.490. The van der Waals surface area contributed by atoms with Crippen molar-refractivity contribution in [3.05, 3.63) is 0 Å². The second kappa shape index (κ2) is 3.77. The molecule has 0 aromatic rings. The van der Waals surface area contributed by atoms with Crippen molar-refractivity contribution >= 4 is 5.78 Å². The first-order valence-electron chi connectivity index (χ1n) is 5.45. The SMILES string of the molecule is CC1(C)COOC1C(=O)C1OOCC1(C)C. The summed E-state index contributed by atoms with van der Waals surface area (Å²) in [5, 5.41) is 0. The lowest BCUT2D eigenvalue weighted by Gasteiger charge is -2.27. The summed E-state index contributed by atoms with van der Waals surface area (Å²) >= 11 is 0. The van der Waals surface area contributed by atoms with Crippen molar-refractivity contribution in [2.75, 3.05) is 13.2 Å². The van der Waals surface area contributed by atoms with Crippen LogP contribution in [0, 0.1) is 10.8 Å². The van der Waals surface area contributed by atoms with Gasteiger partial charge in [-0.3, -0.25) is 4.79 Å². The van der Waals surface area contributed by atoms with Gasteiger partial charge in [0, 0.05) is 10.8 Å². The maximum absolute atomic E-state index is 12.3. The van der Waals surface area contributed by atoms with Crippen molar-refractivity contribution in [1.82, 2.24) is 0 Å². The van der Waals surface area contributed by atoms with E-state index in [1.165, 1.54) is 0 Å². The molecule has 2 heterocycles. The summed E-state index contributed by atoms with van der Waals surface area (Å²) < 4.78 is 0. The molecule has 5 heteroatoms. The summed E-state index contributed by atoms with van der Waals surface area (Å²) in [4.78, 5) is 32.2. The molecule has 0 bridgehead atoms. The van der Waals surface area contributed by atoms with Gasteiger partial charge in [-0.15, -0.1) is 0 Å². The van der Waals surface area contributed by atoms with E-state index in [0.717, 1.165) is 0 Å². The molecule has 0 saturated carbocycles. The van der Waals surface area contributed by atoms with Crippen LogP contribution in [0.4, 0.5) is 0 Å². The van der Waals surface area contributed by atoms with E-state index in [4.69, 9.17) is 19.6 Å². The molecule has 0 aromatic carbocycles. The molecule has 2 aliphatic rings. The molecule has 2 saturated heterocycles. The number of hydrogen-bond acceptors (Lipinski definition) is 5. The quantitative estimate of drug-likeness (QED) is 0.669. The number of carbonyl (C=O) groups excluding carboxylic acids is 1. The van der Waals surface area contributed by atoms with Crippen LogP contribution in [0.5, 0.6) is 0 Å². The van der Waals surface area contributed by atoms with Crippen LogP contribution in [-0.4, -0.2) is 31.2 Å². The largest absolute Gasteiger partial charge is 0.293 e. The Labute approximate surface area is 94.9 Å². The van der Waals surface area contributed by atoms with Crippen LogP contribution < -0.4 is 0 Å². The van der Waals surface area contributed by atoms with E-state index in [1.807, 2.05) is 27.7 Å². The van der Waals surface area contributed by atoms with Crippen molar-refractivity contribution < 1.29 is 24.3 Å². The van der Waals surface area contributed by atoms with Gasteiger partial charge in [0.25, 0.3) is 0 Å². The first-order chi connectivity index (χ1) is 7.34. The number of hydrogen-bond donors (Lipinski definition) is 0. The van der Waals surface area contributed by atoms with Gasteiger partial charge in [-0.25, -0.2) is 19.6 Å². The average molecular weight is 230 g/mol. The molecular weight excluding hydrogens is 212 g/mol. The second-order valence-corrected chi connectivity index (χ2v) is 5.86. The Morgan fingerprint density at radius 2 is 1.31 bits per heavy atom. The summed E-state index contributed by atoms with van der Waals surface area (Å²) in [7, 11) is 0. The summed E-state index contributed by atoms with van der Waals surface area (Å²) in [5.41, 5.74) is -0.641. The van der Waals surface area contributed by atoms with Crippen LogP contribution in [0.15, 0.2) is 0 Å². The van der Waals surface area contributed by atoms with Gasteiger partial charge in [0.15, 0.2) is 18.0 Å². The van der Waals surface area contributed by atoms with Crippen LogP contribution in [0.2, 0.25) is 0 Å². The third-order valence-corrected chi connectivity index (χ3v) is 3.13. The molecule has 0 spiro atoms. The highest BCUT2D eigenvalue weighted by Crippen LogP contribution is 2.37. The molecule has 0 amide bonds. The van der Waals surface area contributed by atoms with E-state index in [0.29, 0.717) is 13.2 Å². The molecule has 2 rings (SSSR count). The fourth-order valence-electron chi connectivity index (χ4n) is 1.92. The summed E-state index contributed by atoms with van der Waals surface area (Å²) in [5.74, 6) is -0.106. The van der Waals surface area contributed by atoms with Crippen molar-refractivity contribution in [3.8, 4) is 0 Å². The summed E-state index contributed by atoms with van der Waals surface area (Å²) in [6, 6.07) is 0. The Morgan fingerprint density at radius 3 is 1.56 bits per heavy atom. The molecule has 2 aliphatic heterocycles. The van der Waals surface area contributed by atoms with Crippen molar-refractivity contribution in [2.45, 2.75) is 39.9 Å². The fourth-order valence-corrected chi connectivity index (χ4v) is 1.92. The van der Waals surface area contributed by atoms with Crippen LogP contribution in [0.1, 0.15) is 27.7 Å². The number of Topliss-reactive ketones (excluding diaryl/α,β-unsaturated/α-hetero) is 1. The lowest BCUT2D eigenvalue weighted by Crippen LogP contribution is -2.45. The maximum Gasteiger partial charge on any atom is 0.198 e. The molecule has 2 fully saturated rings. The molecule has 0 aromatic heterocycles. The minimum absolute atomic E-state index is 0.106. The van der Waals surface area contributed by atoms with Gasteiger partial charge in [0.1, 0.15) is 0 Å². The lowest BCUT2D eigenvalue weighted by molar-refractivity contribution is -0.287. The minimum Gasteiger partial charge on any atom is -0.293 e. The van der Waals surface area contributed by atoms with Gasteiger partial charge >= 0.3 is 0 Å². The third kappa shape index (κ3) is 1.88. The third-order valence-electron chi connectivity index (χ3n) is 3.13. The van der Waals surface area contributed by atoms with Gasteiger partial charge in [-0.2, -0.15) is 0 Å². The monoisotopic (exact) mass is 230 g/mol. The first-order valence-corrected chi connectivity index (χ1v) is 5.45. The molecule has 0 aliphatic carbocycles.